The molecule has 1 atom stereocenters. The van der Waals surface area contributed by atoms with Crippen molar-refractivity contribution in [1.82, 2.24) is 15.5 Å². The molecular weight excluding hydrogens is 266 g/mol. The molecule has 1 saturated heterocycles. The minimum atomic E-state index is -0.964. The van der Waals surface area contributed by atoms with E-state index in [0.717, 1.165) is 31.1 Å². The van der Waals surface area contributed by atoms with E-state index in [1.54, 1.807) is 0 Å². The summed E-state index contributed by atoms with van der Waals surface area (Å²) in [7, 11) is 0. The molecule has 1 aliphatic carbocycles. The highest BCUT2D eigenvalue weighted by atomic mass is 16.5. The Bertz CT molecular complexity index is 478. The van der Waals surface area contributed by atoms with Gasteiger partial charge in [-0.2, -0.15) is 4.98 Å². The Kier molecular flexibility index (Phi) is 3.82. The molecule has 2 fully saturated rings. The Morgan fingerprint density at radius 2 is 1.95 bits per heavy atom. The normalized spacial score (nSPS) is 34.3. The molecule has 2 heterocycles. The number of aliphatic hydroxyl groups is 1. The molecule has 0 amide bonds. The van der Waals surface area contributed by atoms with Gasteiger partial charge in [0.05, 0.1) is 0 Å². The summed E-state index contributed by atoms with van der Waals surface area (Å²) in [5.74, 6) is 2.35. The topological polar surface area (TPSA) is 71.2 Å². The van der Waals surface area contributed by atoms with Crippen molar-refractivity contribution in [2.75, 3.05) is 13.1 Å². The first kappa shape index (κ1) is 15.0. The summed E-state index contributed by atoms with van der Waals surface area (Å²) in [4.78, 5) is 4.51. The fourth-order valence-corrected chi connectivity index (χ4v) is 3.67. The maximum Gasteiger partial charge on any atom is 0.259 e. The number of β-amino-alcohol motifs (C(OH)–C–C–N with tert-alkyl or cyclic N) is 1. The van der Waals surface area contributed by atoms with Crippen LogP contribution < -0.4 is 5.32 Å². The molecule has 0 bridgehead atoms. The van der Waals surface area contributed by atoms with Crippen LogP contribution in [0.2, 0.25) is 0 Å². The van der Waals surface area contributed by atoms with Gasteiger partial charge in [-0.1, -0.05) is 25.9 Å². The first-order chi connectivity index (χ1) is 9.88. The Hall–Kier alpha value is -0.940. The zero-order chi connectivity index (χ0) is 15.1. The number of hydrogen-bond acceptors (Lipinski definition) is 5. The predicted molar refractivity (Wildman–Crippen MR) is 79.8 cm³/mol. The molecule has 1 saturated carbocycles. The summed E-state index contributed by atoms with van der Waals surface area (Å²) in [5, 5.41) is 17.8. The smallest absolute Gasteiger partial charge is 0.259 e. The van der Waals surface area contributed by atoms with Gasteiger partial charge in [-0.3, -0.25) is 0 Å². The van der Waals surface area contributed by atoms with Crippen LogP contribution in [0.3, 0.4) is 0 Å². The Labute approximate surface area is 126 Å². The Morgan fingerprint density at radius 3 is 2.52 bits per heavy atom. The molecule has 21 heavy (non-hydrogen) atoms. The third-order valence-electron chi connectivity index (χ3n) is 5.29. The second-order valence-corrected chi connectivity index (χ2v) is 7.83. The van der Waals surface area contributed by atoms with Crippen LogP contribution in [0.15, 0.2) is 4.52 Å². The zero-order valence-electron chi connectivity index (χ0n) is 13.4. The Morgan fingerprint density at radius 1 is 1.24 bits per heavy atom. The minimum absolute atomic E-state index is 0.387. The van der Waals surface area contributed by atoms with E-state index in [9.17, 15) is 5.11 Å². The van der Waals surface area contributed by atoms with Crippen molar-refractivity contribution in [2.24, 2.45) is 11.3 Å². The fraction of sp³-hybridized carbons (Fsp3) is 0.875. The quantitative estimate of drug-likeness (QED) is 0.877. The van der Waals surface area contributed by atoms with Crippen molar-refractivity contribution in [3.63, 3.8) is 0 Å². The average molecular weight is 293 g/mol. The fourth-order valence-electron chi connectivity index (χ4n) is 3.67. The van der Waals surface area contributed by atoms with Crippen LogP contribution in [0.4, 0.5) is 0 Å². The van der Waals surface area contributed by atoms with Crippen molar-refractivity contribution in [3.05, 3.63) is 11.7 Å². The number of nitrogens with zero attached hydrogens (tertiary/aromatic N) is 2. The van der Waals surface area contributed by atoms with E-state index in [2.05, 4.69) is 36.2 Å². The Balaban J connectivity index is 1.65. The lowest BCUT2D eigenvalue weighted by Gasteiger charge is -2.36. The second kappa shape index (κ2) is 5.36. The zero-order valence-corrected chi connectivity index (χ0v) is 13.4. The van der Waals surface area contributed by atoms with Crippen molar-refractivity contribution in [1.29, 1.82) is 0 Å². The van der Waals surface area contributed by atoms with Crippen LogP contribution in [0.5, 0.6) is 0 Å². The van der Waals surface area contributed by atoms with E-state index in [4.69, 9.17) is 4.52 Å². The van der Waals surface area contributed by atoms with Gasteiger partial charge in [0.15, 0.2) is 11.4 Å². The first-order valence-corrected chi connectivity index (χ1v) is 8.16. The van der Waals surface area contributed by atoms with Crippen molar-refractivity contribution in [2.45, 2.75) is 64.4 Å². The summed E-state index contributed by atoms with van der Waals surface area (Å²) >= 11 is 0. The molecule has 0 aromatic carbocycles. The lowest BCUT2D eigenvalue weighted by molar-refractivity contribution is 0.0243. The maximum absolute atomic E-state index is 10.5. The number of nitrogens with one attached hydrogen (secondary N) is 1. The first-order valence-electron chi connectivity index (χ1n) is 8.16. The van der Waals surface area contributed by atoms with Gasteiger partial charge < -0.3 is 14.9 Å². The highest BCUT2D eigenvalue weighted by Crippen LogP contribution is 2.42. The van der Waals surface area contributed by atoms with Crippen LogP contribution in [0.25, 0.3) is 0 Å². The van der Waals surface area contributed by atoms with Gasteiger partial charge in [0.25, 0.3) is 5.89 Å². The van der Waals surface area contributed by atoms with E-state index in [-0.39, 0.29) is 0 Å². The van der Waals surface area contributed by atoms with E-state index < -0.39 is 5.60 Å². The largest absolute Gasteiger partial charge is 0.379 e. The van der Waals surface area contributed by atoms with E-state index >= 15 is 0 Å². The van der Waals surface area contributed by atoms with Gasteiger partial charge in [-0.05, 0) is 50.0 Å². The molecule has 5 nitrogen and oxygen atoms in total. The second-order valence-electron chi connectivity index (χ2n) is 7.83. The lowest BCUT2D eigenvalue weighted by Crippen LogP contribution is -2.29. The van der Waals surface area contributed by atoms with Crippen molar-refractivity contribution in [3.8, 4) is 0 Å². The van der Waals surface area contributed by atoms with Crippen LogP contribution >= 0.6 is 0 Å². The molecule has 5 heteroatoms. The highest BCUT2D eigenvalue weighted by molar-refractivity contribution is 5.06. The van der Waals surface area contributed by atoms with Gasteiger partial charge in [-0.25, -0.2) is 0 Å². The third-order valence-corrected chi connectivity index (χ3v) is 5.29. The molecule has 1 aliphatic heterocycles. The van der Waals surface area contributed by atoms with Crippen LogP contribution in [-0.4, -0.2) is 28.3 Å². The maximum atomic E-state index is 10.5. The monoisotopic (exact) mass is 293 g/mol. The molecule has 3 rings (SSSR count). The molecule has 118 valence electrons. The number of aromatic nitrogens is 2. The standard InChI is InChI=1S/C16H27N3O2/c1-15(2,3)12-6-4-11(5-7-12)13-18-14(21-19-13)16(20)8-9-17-10-16/h11-12,17,20H,4-10H2,1-3H3. The summed E-state index contributed by atoms with van der Waals surface area (Å²) in [5.41, 5.74) is -0.577. The summed E-state index contributed by atoms with van der Waals surface area (Å²) in [6.07, 6.45) is 5.34. The van der Waals surface area contributed by atoms with Crippen LogP contribution in [0, 0.1) is 11.3 Å². The van der Waals surface area contributed by atoms with E-state index in [1.165, 1.54) is 12.8 Å². The van der Waals surface area contributed by atoms with Crippen molar-refractivity contribution >= 4 is 0 Å². The highest BCUT2D eigenvalue weighted by Gasteiger charge is 2.40. The molecule has 2 N–H and O–H groups in total. The summed E-state index contributed by atoms with van der Waals surface area (Å²) in [6, 6.07) is 0. The summed E-state index contributed by atoms with van der Waals surface area (Å²) in [6.45, 7) is 8.28. The minimum Gasteiger partial charge on any atom is -0.379 e. The molecule has 1 unspecified atom stereocenters. The van der Waals surface area contributed by atoms with E-state index in [1.807, 2.05) is 0 Å². The van der Waals surface area contributed by atoms with Gasteiger partial charge in [-0.15, -0.1) is 0 Å². The molecule has 1 aromatic heterocycles. The predicted octanol–water partition coefficient (Wildman–Crippen LogP) is 2.57. The van der Waals surface area contributed by atoms with Gasteiger partial charge in [0.2, 0.25) is 0 Å². The van der Waals surface area contributed by atoms with Gasteiger partial charge >= 0.3 is 0 Å². The molecule has 2 aliphatic rings. The number of hydrogen-bond donors (Lipinski definition) is 2. The molecule has 0 spiro atoms. The summed E-state index contributed by atoms with van der Waals surface area (Å²) < 4.78 is 5.35. The third kappa shape index (κ3) is 2.99. The van der Waals surface area contributed by atoms with Crippen LogP contribution in [0.1, 0.15) is 70.5 Å². The lowest BCUT2D eigenvalue weighted by atomic mass is 9.70. The van der Waals surface area contributed by atoms with Crippen molar-refractivity contribution < 1.29 is 9.63 Å². The van der Waals surface area contributed by atoms with Gasteiger partial charge in [0, 0.05) is 12.5 Å². The molecule has 0 radical (unpaired) electrons. The number of rotatable bonds is 2. The molecule has 1 aromatic rings. The van der Waals surface area contributed by atoms with E-state index in [0.29, 0.717) is 30.2 Å². The van der Waals surface area contributed by atoms with Gasteiger partial charge in [0.1, 0.15) is 0 Å². The molecular formula is C16H27N3O2. The van der Waals surface area contributed by atoms with Crippen LogP contribution in [-0.2, 0) is 5.60 Å². The average Bonchev–Trinajstić information content (AvgIpc) is 3.07. The SMILES string of the molecule is CC(C)(C)C1CCC(c2noc(C3(O)CCNC3)n2)CC1.